The van der Waals surface area contributed by atoms with Gasteiger partial charge in [0.15, 0.2) is 0 Å². The van der Waals surface area contributed by atoms with Crippen LogP contribution < -0.4 is 0 Å². The molecule has 0 aliphatic heterocycles. The van der Waals surface area contributed by atoms with Gasteiger partial charge in [-0.1, -0.05) is 12.2 Å². The second-order valence-electron chi connectivity index (χ2n) is 1.79. The lowest BCUT2D eigenvalue weighted by molar-refractivity contribution is 1.49. The molecule has 0 amide bonds. The highest BCUT2D eigenvalue weighted by Gasteiger charge is 1.72. The zero-order chi connectivity index (χ0) is 7.11. The van der Waals surface area contributed by atoms with E-state index in [4.69, 9.17) is 0 Å². The molecule has 0 radical (unpaired) electrons. The molecule has 0 unspecified atom stereocenters. The molecule has 0 aromatic carbocycles. The third kappa shape index (κ3) is 5.01. The second-order valence-corrected chi connectivity index (χ2v) is 1.79. The summed E-state index contributed by atoms with van der Waals surface area (Å²) in [5, 5.41) is 0. The van der Waals surface area contributed by atoms with E-state index in [0.29, 0.717) is 0 Å². The predicted octanol–water partition coefficient (Wildman–Crippen LogP) is 2.56. The molecular formula is C8H13N. The second kappa shape index (κ2) is 5.29. The lowest BCUT2D eigenvalue weighted by atomic mass is 10.3. The van der Waals surface area contributed by atoms with Crippen LogP contribution in [-0.4, -0.2) is 6.21 Å². The Morgan fingerprint density at radius 2 is 2.00 bits per heavy atom. The predicted molar refractivity (Wildman–Crippen MR) is 42.7 cm³/mol. The van der Waals surface area contributed by atoms with Crippen LogP contribution in [0.2, 0.25) is 0 Å². The standard InChI is InChI=1S/C8H13N/c1-4-6-9-7-8(3)5-2/h4-7H,1-3H3/b6-4-,8-5+,9-7+. The van der Waals surface area contributed by atoms with E-state index in [9.17, 15) is 0 Å². The Labute approximate surface area is 56.8 Å². The summed E-state index contributed by atoms with van der Waals surface area (Å²) in [5.41, 5.74) is 1.19. The third-order valence-corrected chi connectivity index (χ3v) is 0.969. The summed E-state index contributed by atoms with van der Waals surface area (Å²) < 4.78 is 0. The molecule has 1 heteroatoms. The number of allylic oxidation sites excluding steroid dienone is 3. The maximum Gasteiger partial charge on any atom is 0.0293 e. The summed E-state index contributed by atoms with van der Waals surface area (Å²) >= 11 is 0. The van der Waals surface area contributed by atoms with Crippen LogP contribution in [0.15, 0.2) is 28.9 Å². The van der Waals surface area contributed by atoms with Gasteiger partial charge in [-0.25, -0.2) is 0 Å². The van der Waals surface area contributed by atoms with E-state index in [1.54, 1.807) is 6.20 Å². The molecule has 0 atom stereocenters. The Hall–Kier alpha value is -0.850. The van der Waals surface area contributed by atoms with Gasteiger partial charge in [0.25, 0.3) is 0 Å². The maximum atomic E-state index is 3.99. The Balaban J connectivity index is 3.71. The van der Waals surface area contributed by atoms with Crippen LogP contribution in [0.3, 0.4) is 0 Å². The monoisotopic (exact) mass is 123 g/mol. The molecule has 0 aliphatic rings. The maximum absolute atomic E-state index is 3.99. The minimum atomic E-state index is 1.19. The van der Waals surface area contributed by atoms with Crippen molar-refractivity contribution in [2.45, 2.75) is 20.8 Å². The highest BCUT2D eigenvalue weighted by atomic mass is 14.7. The van der Waals surface area contributed by atoms with Gasteiger partial charge in [-0.15, -0.1) is 0 Å². The van der Waals surface area contributed by atoms with Crippen molar-refractivity contribution < 1.29 is 0 Å². The van der Waals surface area contributed by atoms with E-state index in [1.165, 1.54) is 5.57 Å². The topological polar surface area (TPSA) is 12.4 Å². The average molecular weight is 123 g/mol. The zero-order valence-electron chi connectivity index (χ0n) is 6.26. The van der Waals surface area contributed by atoms with Crippen LogP contribution in [0, 0.1) is 0 Å². The summed E-state index contributed by atoms with van der Waals surface area (Å²) in [5.74, 6) is 0. The van der Waals surface area contributed by atoms with Crippen molar-refractivity contribution in [3.63, 3.8) is 0 Å². The van der Waals surface area contributed by atoms with Crippen molar-refractivity contribution in [3.8, 4) is 0 Å². The molecule has 0 heterocycles. The number of aliphatic imine (C=N–C) groups is 1. The van der Waals surface area contributed by atoms with Gasteiger partial charge in [0.05, 0.1) is 0 Å². The van der Waals surface area contributed by atoms with E-state index in [0.717, 1.165) is 0 Å². The molecule has 0 aromatic heterocycles. The Morgan fingerprint density at radius 1 is 1.33 bits per heavy atom. The van der Waals surface area contributed by atoms with Gasteiger partial charge in [0.1, 0.15) is 0 Å². The van der Waals surface area contributed by atoms with Crippen LogP contribution in [-0.2, 0) is 0 Å². The van der Waals surface area contributed by atoms with Crippen molar-refractivity contribution in [2.24, 2.45) is 4.99 Å². The fourth-order valence-corrected chi connectivity index (χ4v) is 0.321. The quantitative estimate of drug-likeness (QED) is 0.500. The molecule has 0 saturated heterocycles. The average Bonchev–Trinajstić information content (AvgIpc) is 1.89. The number of hydrogen-bond donors (Lipinski definition) is 0. The van der Waals surface area contributed by atoms with Crippen LogP contribution >= 0.6 is 0 Å². The summed E-state index contributed by atoms with van der Waals surface area (Å²) in [7, 11) is 0. The summed E-state index contributed by atoms with van der Waals surface area (Å²) in [4.78, 5) is 3.99. The van der Waals surface area contributed by atoms with Crippen LogP contribution in [0.5, 0.6) is 0 Å². The van der Waals surface area contributed by atoms with Gasteiger partial charge >= 0.3 is 0 Å². The molecule has 0 N–H and O–H groups in total. The van der Waals surface area contributed by atoms with Crippen LogP contribution in [0.4, 0.5) is 0 Å². The molecule has 50 valence electrons. The molecule has 0 fully saturated rings. The van der Waals surface area contributed by atoms with E-state index >= 15 is 0 Å². The number of nitrogens with zero attached hydrogens (tertiary/aromatic N) is 1. The molecule has 0 bridgehead atoms. The highest BCUT2D eigenvalue weighted by molar-refractivity contribution is 5.77. The van der Waals surface area contributed by atoms with Gasteiger partial charge in [-0.05, 0) is 26.3 Å². The highest BCUT2D eigenvalue weighted by Crippen LogP contribution is 1.85. The molecular weight excluding hydrogens is 110 g/mol. The number of rotatable bonds is 2. The zero-order valence-corrected chi connectivity index (χ0v) is 6.26. The summed E-state index contributed by atoms with van der Waals surface area (Å²) in [6, 6.07) is 0. The third-order valence-electron chi connectivity index (χ3n) is 0.969. The Bertz CT molecular complexity index is 141. The minimum Gasteiger partial charge on any atom is -0.265 e. The Kier molecular flexibility index (Phi) is 4.79. The fraction of sp³-hybridized carbons (Fsp3) is 0.375. The fourth-order valence-electron chi connectivity index (χ4n) is 0.321. The molecule has 0 aromatic rings. The minimum absolute atomic E-state index is 1.19. The first-order valence-electron chi connectivity index (χ1n) is 3.08. The Morgan fingerprint density at radius 3 is 2.44 bits per heavy atom. The molecule has 9 heavy (non-hydrogen) atoms. The normalized spacial score (nSPS) is 13.9. The van der Waals surface area contributed by atoms with E-state index in [2.05, 4.69) is 4.99 Å². The molecule has 0 saturated carbocycles. The molecule has 0 aliphatic carbocycles. The SMILES string of the molecule is C\C=C/N=C/C(C)=C/C. The van der Waals surface area contributed by atoms with Crippen molar-refractivity contribution in [3.05, 3.63) is 23.9 Å². The molecule has 0 rings (SSSR count). The largest absolute Gasteiger partial charge is 0.265 e. The lowest BCUT2D eigenvalue weighted by Crippen LogP contribution is -1.72. The van der Waals surface area contributed by atoms with Gasteiger partial charge in [0.2, 0.25) is 0 Å². The first kappa shape index (κ1) is 8.15. The van der Waals surface area contributed by atoms with E-state index in [-0.39, 0.29) is 0 Å². The smallest absolute Gasteiger partial charge is 0.0293 e. The van der Waals surface area contributed by atoms with Crippen LogP contribution in [0.25, 0.3) is 0 Å². The van der Waals surface area contributed by atoms with Gasteiger partial charge in [-0.3, -0.25) is 4.99 Å². The molecule has 0 spiro atoms. The van der Waals surface area contributed by atoms with Gasteiger partial charge in [0, 0.05) is 12.4 Å². The van der Waals surface area contributed by atoms with Crippen molar-refractivity contribution in [2.75, 3.05) is 0 Å². The first-order valence-corrected chi connectivity index (χ1v) is 3.08. The van der Waals surface area contributed by atoms with Crippen LogP contribution in [0.1, 0.15) is 20.8 Å². The van der Waals surface area contributed by atoms with Crippen molar-refractivity contribution >= 4 is 6.21 Å². The van der Waals surface area contributed by atoms with E-state index in [1.807, 2.05) is 39.1 Å². The van der Waals surface area contributed by atoms with Gasteiger partial charge in [-0.2, -0.15) is 0 Å². The van der Waals surface area contributed by atoms with Gasteiger partial charge < -0.3 is 0 Å². The van der Waals surface area contributed by atoms with Crippen molar-refractivity contribution in [1.29, 1.82) is 0 Å². The summed E-state index contributed by atoms with van der Waals surface area (Å²) in [6.45, 7) is 5.96. The molecule has 1 nitrogen and oxygen atoms in total. The lowest BCUT2D eigenvalue weighted by Gasteiger charge is -1.82. The summed E-state index contributed by atoms with van der Waals surface area (Å²) in [6.07, 6.45) is 7.53. The number of hydrogen-bond acceptors (Lipinski definition) is 1. The van der Waals surface area contributed by atoms with Crippen molar-refractivity contribution in [1.82, 2.24) is 0 Å². The first-order chi connectivity index (χ1) is 4.31. The van der Waals surface area contributed by atoms with E-state index < -0.39 is 0 Å².